The van der Waals surface area contributed by atoms with Crippen LogP contribution in [0.2, 0.25) is 0 Å². The lowest BCUT2D eigenvalue weighted by molar-refractivity contribution is 0.427. The van der Waals surface area contributed by atoms with Crippen LogP contribution in [0.3, 0.4) is 0 Å². The Bertz CT molecular complexity index is 530. The van der Waals surface area contributed by atoms with E-state index < -0.39 is 15.8 Å². The zero-order valence-electron chi connectivity index (χ0n) is 9.62. The molecule has 100 valence electrons. The summed E-state index contributed by atoms with van der Waals surface area (Å²) in [6, 6.07) is 3.74. The van der Waals surface area contributed by atoms with Gasteiger partial charge in [-0.15, -0.1) is 0 Å². The van der Waals surface area contributed by atoms with Crippen LogP contribution in [0.15, 0.2) is 27.6 Å². The summed E-state index contributed by atoms with van der Waals surface area (Å²) in [5.41, 5.74) is 0. The molecule has 0 aromatic heterocycles. The molecule has 1 heterocycles. The van der Waals surface area contributed by atoms with Gasteiger partial charge in [-0.3, -0.25) is 0 Å². The summed E-state index contributed by atoms with van der Waals surface area (Å²) in [6.07, 6.45) is 1.68. The summed E-state index contributed by atoms with van der Waals surface area (Å²) < 4.78 is 40.8. The van der Waals surface area contributed by atoms with Crippen molar-refractivity contribution in [3.05, 3.63) is 28.5 Å². The Morgan fingerprint density at radius 3 is 2.83 bits per heavy atom. The standard InChI is InChI=1S/C11H14BrFN2O2S/c12-8-3-4-11(10(13)6-8)18(16,17)15-9-2-1-5-14-7-9/h3-4,6,9,14-15H,1-2,5,7H2. The summed E-state index contributed by atoms with van der Waals surface area (Å²) >= 11 is 3.10. The molecule has 18 heavy (non-hydrogen) atoms. The average molecular weight is 337 g/mol. The summed E-state index contributed by atoms with van der Waals surface area (Å²) in [7, 11) is -3.79. The highest BCUT2D eigenvalue weighted by Gasteiger charge is 2.24. The molecule has 0 saturated carbocycles. The molecule has 0 spiro atoms. The molecular formula is C11H14BrFN2O2S. The SMILES string of the molecule is O=S(=O)(NC1CCCNC1)c1ccc(Br)cc1F. The third-order valence-electron chi connectivity index (χ3n) is 2.80. The van der Waals surface area contributed by atoms with E-state index in [2.05, 4.69) is 26.0 Å². The van der Waals surface area contributed by atoms with Crippen molar-refractivity contribution >= 4 is 26.0 Å². The molecule has 0 aliphatic carbocycles. The maximum Gasteiger partial charge on any atom is 0.243 e. The van der Waals surface area contributed by atoms with E-state index in [0.29, 0.717) is 11.0 Å². The van der Waals surface area contributed by atoms with E-state index in [4.69, 9.17) is 0 Å². The molecule has 1 atom stereocenters. The van der Waals surface area contributed by atoms with Gasteiger partial charge in [-0.1, -0.05) is 15.9 Å². The van der Waals surface area contributed by atoms with Crippen LogP contribution in [0.5, 0.6) is 0 Å². The minimum absolute atomic E-state index is 0.174. The van der Waals surface area contributed by atoms with Gasteiger partial charge in [-0.25, -0.2) is 17.5 Å². The fraction of sp³-hybridized carbons (Fsp3) is 0.455. The summed E-state index contributed by atoms with van der Waals surface area (Å²) in [5.74, 6) is -0.749. The second-order valence-corrected chi connectivity index (χ2v) is 6.84. The van der Waals surface area contributed by atoms with E-state index in [1.807, 2.05) is 0 Å². The predicted octanol–water partition coefficient (Wildman–Crippen LogP) is 1.62. The zero-order chi connectivity index (χ0) is 13.2. The van der Waals surface area contributed by atoms with Crippen LogP contribution in [-0.2, 0) is 10.0 Å². The highest BCUT2D eigenvalue weighted by molar-refractivity contribution is 9.10. The van der Waals surface area contributed by atoms with E-state index in [-0.39, 0.29) is 10.9 Å². The highest BCUT2D eigenvalue weighted by atomic mass is 79.9. The molecule has 1 aromatic carbocycles. The van der Waals surface area contributed by atoms with E-state index in [9.17, 15) is 12.8 Å². The minimum atomic E-state index is -3.79. The molecule has 1 unspecified atom stereocenters. The first-order chi connectivity index (χ1) is 8.49. The monoisotopic (exact) mass is 336 g/mol. The molecule has 1 fully saturated rings. The quantitative estimate of drug-likeness (QED) is 0.881. The van der Waals surface area contributed by atoms with Crippen LogP contribution < -0.4 is 10.0 Å². The number of nitrogens with one attached hydrogen (secondary N) is 2. The van der Waals surface area contributed by atoms with Gasteiger partial charge in [0.25, 0.3) is 0 Å². The van der Waals surface area contributed by atoms with Gasteiger partial charge in [0.15, 0.2) is 0 Å². The van der Waals surface area contributed by atoms with Crippen molar-refractivity contribution in [1.82, 2.24) is 10.0 Å². The first-order valence-corrected chi connectivity index (χ1v) is 7.95. The number of rotatable bonds is 3. The lowest BCUT2D eigenvalue weighted by Gasteiger charge is -2.23. The molecule has 4 nitrogen and oxygen atoms in total. The molecule has 0 radical (unpaired) electrons. The predicted molar refractivity (Wildman–Crippen MR) is 70.3 cm³/mol. The Labute approximate surface area is 114 Å². The minimum Gasteiger partial charge on any atom is -0.315 e. The van der Waals surface area contributed by atoms with Crippen LogP contribution in [0.25, 0.3) is 0 Å². The normalized spacial score (nSPS) is 20.9. The van der Waals surface area contributed by atoms with Gasteiger partial charge in [0, 0.05) is 17.1 Å². The van der Waals surface area contributed by atoms with E-state index in [1.165, 1.54) is 12.1 Å². The third kappa shape index (κ3) is 3.28. The van der Waals surface area contributed by atoms with Crippen LogP contribution >= 0.6 is 15.9 Å². The maximum absolute atomic E-state index is 13.6. The molecule has 1 aromatic rings. The number of benzene rings is 1. The van der Waals surface area contributed by atoms with E-state index >= 15 is 0 Å². The Balaban J connectivity index is 2.19. The third-order valence-corrected chi connectivity index (χ3v) is 4.85. The number of halogens is 2. The fourth-order valence-electron chi connectivity index (χ4n) is 1.93. The number of hydrogen-bond donors (Lipinski definition) is 2. The number of hydrogen-bond acceptors (Lipinski definition) is 3. The van der Waals surface area contributed by atoms with Crippen molar-refractivity contribution in [3.8, 4) is 0 Å². The second-order valence-electron chi connectivity index (χ2n) is 4.24. The lowest BCUT2D eigenvalue weighted by atomic mass is 10.1. The molecule has 1 saturated heterocycles. The zero-order valence-corrected chi connectivity index (χ0v) is 12.0. The number of sulfonamides is 1. The molecule has 0 bridgehead atoms. The van der Waals surface area contributed by atoms with Gasteiger partial charge in [0.2, 0.25) is 10.0 Å². The van der Waals surface area contributed by atoms with Gasteiger partial charge in [-0.2, -0.15) is 0 Å². The van der Waals surface area contributed by atoms with Crippen molar-refractivity contribution in [3.63, 3.8) is 0 Å². The Hall–Kier alpha value is -0.500. The molecule has 2 rings (SSSR count). The largest absolute Gasteiger partial charge is 0.315 e. The molecular weight excluding hydrogens is 323 g/mol. The van der Waals surface area contributed by atoms with E-state index in [0.717, 1.165) is 25.5 Å². The smallest absolute Gasteiger partial charge is 0.243 e. The van der Waals surface area contributed by atoms with Crippen LogP contribution in [0.1, 0.15) is 12.8 Å². The van der Waals surface area contributed by atoms with Crippen molar-refractivity contribution in [2.75, 3.05) is 13.1 Å². The summed E-state index contributed by atoms with van der Waals surface area (Å²) in [4.78, 5) is -0.309. The Morgan fingerprint density at radius 2 is 2.22 bits per heavy atom. The van der Waals surface area contributed by atoms with Crippen molar-refractivity contribution in [2.45, 2.75) is 23.8 Å². The van der Waals surface area contributed by atoms with Crippen LogP contribution in [-0.4, -0.2) is 27.5 Å². The van der Waals surface area contributed by atoms with Crippen molar-refractivity contribution in [2.24, 2.45) is 0 Å². The summed E-state index contributed by atoms with van der Waals surface area (Å²) in [6.45, 7) is 1.47. The summed E-state index contributed by atoms with van der Waals surface area (Å²) in [5, 5.41) is 3.10. The fourth-order valence-corrected chi connectivity index (χ4v) is 3.59. The highest BCUT2D eigenvalue weighted by Crippen LogP contribution is 2.20. The van der Waals surface area contributed by atoms with Crippen molar-refractivity contribution < 1.29 is 12.8 Å². The average Bonchev–Trinajstić information content (AvgIpc) is 2.29. The molecule has 1 aliphatic heterocycles. The van der Waals surface area contributed by atoms with Gasteiger partial charge >= 0.3 is 0 Å². The first kappa shape index (κ1) is 13.9. The van der Waals surface area contributed by atoms with Crippen LogP contribution in [0.4, 0.5) is 4.39 Å². The Kier molecular flexibility index (Phi) is 4.37. The lowest BCUT2D eigenvalue weighted by Crippen LogP contribution is -2.45. The number of piperidine rings is 1. The van der Waals surface area contributed by atoms with Crippen molar-refractivity contribution in [1.29, 1.82) is 0 Å². The molecule has 1 aliphatic rings. The van der Waals surface area contributed by atoms with Crippen LogP contribution in [0, 0.1) is 5.82 Å². The van der Waals surface area contributed by atoms with Gasteiger partial charge in [0.1, 0.15) is 10.7 Å². The second kappa shape index (κ2) is 5.64. The molecule has 0 amide bonds. The van der Waals surface area contributed by atoms with Gasteiger partial charge < -0.3 is 5.32 Å². The Morgan fingerprint density at radius 1 is 1.44 bits per heavy atom. The van der Waals surface area contributed by atoms with E-state index in [1.54, 1.807) is 0 Å². The maximum atomic E-state index is 13.6. The van der Waals surface area contributed by atoms with Gasteiger partial charge in [0.05, 0.1) is 0 Å². The first-order valence-electron chi connectivity index (χ1n) is 5.67. The topological polar surface area (TPSA) is 58.2 Å². The molecule has 7 heteroatoms. The molecule has 2 N–H and O–H groups in total. The van der Waals surface area contributed by atoms with Gasteiger partial charge in [-0.05, 0) is 37.6 Å².